The van der Waals surface area contributed by atoms with E-state index in [1.165, 1.54) is 15.6 Å². The normalized spacial score (nSPS) is 14.9. The third kappa shape index (κ3) is 3.51. The first-order valence-electron chi connectivity index (χ1n) is 6.15. The van der Waals surface area contributed by atoms with E-state index in [0.29, 0.717) is 10.8 Å². The monoisotopic (exact) mass is 323 g/mol. The first-order chi connectivity index (χ1) is 8.51. The van der Waals surface area contributed by atoms with Gasteiger partial charge in [-0.3, -0.25) is 0 Å². The molecule has 0 aliphatic rings. The van der Waals surface area contributed by atoms with E-state index in [4.69, 9.17) is 11.6 Å². The van der Waals surface area contributed by atoms with E-state index in [9.17, 15) is 8.42 Å². The fourth-order valence-corrected chi connectivity index (χ4v) is 4.99. The molecule has 1 unspecified atom stereocenters. The molecule has 1 aromatic rings. The van der Waals surface area contributed by atoms with Gasteiger partial charge in [-0.15, -0.1) is 22.9 Å². The number of hydrogen-bond donors (Lipinski definition) is 0. The highest BCUT2D eigenvalue weighted by atomic mass is 35.5. The number of aryl methyl sites for hydroxylation is 1. The van der Waals surface area contributed by atoms with Crippen LogP contribution < -0.4 is 0 Å². The van der Waals surface area contributed by atoms with Gasteiger partial charge in [0.2, 0.25) is 10.0 Å². The number of nitrogens with zero attached hydrogens (tertiary/aromatic N) is 1. The molecule has 0 aliphatic heterocycles. The predicted octanol–water partition coefficient (Wildman–Crippen LogP) is 3.85. The number of hydrogen-bond acceptors (Lipinski definition) is 3. The summed E-state index contributed by atoms with van der Waals surface area (Å²) in [5.74, 6) is 0.347. The van der Waals surface area contributed by atoms with Crippen molar-refractivity contribution in [2.45, 2.75) is 51.4 Å². The van der Waals surface area contributed by atoms with Crippen molar-refractivity contribution in [1.29, 1.82) is 0 Å². The van der Waals surface area contributed by atoms with Gasteiger partial charge in [0.1, 0.15) is 0 Å². The van der Waals surface area contributed by atoms with E-state index >= 15 is 0 Å². The van der Waals surface area contributed by atoms with Crippen LogP contribution in [0, 0.1) is 12.3 Å². The number of sulfonamides is 1. The van der Waals surface area contributed by atoms with Crippen molar-refractivity contribution in [3.63, 3.8) is 0 Å². The Morgan fingerprint density at radius 3 is 2.32 bits per heavy atom. The van der Waals surface area contributed by atoms with Crippen LogP contribution >= 0.6 is 22.9 Å². The molecule has 110 valence electrons. The standard InChI is InChI=1S/C13H22ClNO2S2/c1-9-12(7-11(8-14)18-9)19(16,17)15(6)10(2)13(3,4)5/h7,10H,8H2,1-6H3. The lowest BCUT2D eigenvalue weighted by Gasteiger charge is -2.34. The molecule has 3 nitrogen and oxygen atoms in total. The van der Waals surface area contributed by atoms with Crippen LogP contribution in [0.5, 0.6) is 0 Å². The smallest absolute Gasteiger partial charge is 0.207 e. The lowest BCUT2D eigenvalue weighted by atomic mass is 9.88. The lowest BCUT2D eigenvalue weighted by Crippen LogP contribution is -2.42. The summed E-state index contributed by atoms with van der Waals surface area (Å²) in [6.07, 6.45) is 0. The zero-order chi connectivity index (χ0) is 15.0. The quantitative estimate of drug-likeness (QED) is 0.789. The molecule has 0 spiro atoms. The van der Waals surface area contributed by atoms with Gasteiger partial charge >= 0.3 is 0 Å². The number of rotatable bonds is 4. The molecule has 0 N–H and O–H groups in total. The number of alkyl halides is 1. The van der Waals surface area contributed by atoms with Crippen LogP contribution in [0.3, 0.4) is 0 Å². The van der Waals surface area contributed by atoms with Crippen molar-refractivity contribution >= 4 is 33.0 Å². The zero-order valence-electron chi connectivity index (χ0n) is 12.3. The van der Waals surface area contributed by atoms with Gasteiger partial charge in [0.05, 0.1) is 10.8 Å². The third-order valence-electron chi connectivity index (χ3n) is 3.51. The molecule has 1 heterocycles. The van der Waals surface area contributed by atoms with Crippen LogP contribution in [0.1, 0.15) is 37.4 Å². The minimum atomic E-state index is -3.46. The molecule has 1 atom stereocenters. The summed E-state index contributed by atoms with van der Waals surface area (Å²) >= 11 is 7.22. The SMILES string of the molecule is Cc1sc(CCl)cc1S(=O)(=O)N(C)C(C)C(C)(C)C. The molecule has 0 aromatic carbocycles. The van der Waals surface area contributed by atoms with Crippen molar-refractivity contribution in [2.75, 3.05) is 7.05 Å². The Hall–Kier alpha value is -0.100. The molecule has 0 saturated heterocycles. The van der Waals surface area contributed by atoms with Gasteiger partial charge < -0.3 is 0 Å². The molecule has 0 saturated carbocycles. The summed E-state index contributed by atoms with van der Waals surface area (Å²) < 4.78 is 26.8. The summed E-state index contributed by atoms with van der Waals surface area (Å²) in [5, 5.41) is 0. The van der Waals surface area contributed by atoms with Crippen LogP contribution in [0.25, 0.3) is 0 Å². The highest BCUT2D eigenvalue weighted by Gasteiger charge is 2.33. The highest BCUT2D eigenvalue weighted by molar-refractivity contribution is 7.89. The van der Waals surface area contributed by atoms with Gasteiger partial charge in [0.25, 0.3) is 0 Å². The zero-order valence-corrected chi connectivity index (χ0v) is 14.7. The largest absolute Gasteiger partial charge is 0.244 e. The molecule has 0 bridgehead atoms. The average Bonchev–Trinajstić information content (AvgIpc) is 2.68. The van der Waals surface area contributed by atoms with Crippen LogP contribution in [0.4, 0.5) is 0 Å². The van der Waals surface area contributed by atoms with Crippen molar-refractivity contribution in [1.82, 2.24) is 4.31 Å². The second-order valence-corrected chi connectivity index (χ2v) is 9.40. The van der Waals surface area contributed by atoms with E-state index in [0.717, 1.165) is 9.75 Å². The van der Waals surface area contributed by atoms with Gasteiger partial charge in [-0.2, -0.15) is 4.31 Å². The molecule has 6 heteroatoms. The van der Waals surface area contributed by atoms with E-state index in [-0.39, 0.29) is 11.5 Å². The summed E-state index contributed by atoms with van der Waals surface area (Å²) in [7, 11) is -1.81. The van der Waals surface area contributed by atoms with Gasteiger partial charge in [-0.25, -0.2) is 8.42 Å². The van der Waals surface area contributed by atoms with Crippen LogP contribution in [-0.2, 0) is 15.9 Å². The molecule has 0 amide bonds. The van der Waals surface area contributed by atoms with Crippen LogP contribution in [-0.4, -0.2) is 25.8 Å². The Balaban J connectivity index is 3.20. The van der Waals surface area contributed by atoms with Gasteiger partial charge in [-0.1, -0.05) is 20.8 Å². The Kier molecular flexibility index (Phi) is 5.10. The Bertz CT molecular complexity index is 543. The minimum absolute atomic E-state index is 0.0868. The fraction of sp³-hybridized carbons (Fsp3) is 0.692. The molecular formula is C13H22ClNO2S2. The van der Waals surface area contributed by atoms with Crippen molar-refractivity contribution in [3.05, 3.63) is 15.8 Å². The number of thiophene rings is 1. The molecule has 0 fully saturated rings. The molecule has 0 aliphatic carbocycles. The van der Waals surface area contributed by atoms with Gasteiger partial charge in [0, 0.05) is 22.8 Å². The van der Waals surface area contributed by atoms with Crippen LogP contribution in [0.15, 0.2) is 11.0 Å². The Labute approximate surface area is 125 Å². The molecular weight excluding hydrogens is 302 g/mol. The summed E-state index contributed by atoms with van der Waals surface area (Å²) in [6.45, 7) is 9.86. The lowest BCUT2D eigenvalue weighted by molar-refractivity contribution is 0.216. The summed E-state index contributed by atoms with van der Waals surface area (Å²) in [6, 6.07) is 1.60. The van der Waals surface area contributed by atoms with E-state index in [1.54, 1.807) is 13.1 Å². The molecule has 1 rings (SSSR count). The molecule has 1 aromatic heterocycles. The van der Waals surface area contributed by atoms with Crippen molar-refractivity contribution in [2.24, 2.45) is 5.41 Å². The van der Waals surface area contributed by atoms with Crippen molar-refractivity contribution < 1.29 is 8.42 Å². The van der Waals surface area contributed by atoms with E-state index < -0.39 is 10.0 Å². The van der Waals surface area contributed by atoms with Gasteiger partial charge in [-0.05, 0) is 25.3 Å². The maximum absolute atomic E-state index is 12.7. The second kappa shape index (κ2) is 5.72. The maximum atomic E-state index is 12.7. The number of halogens is 1. The van der Waals surface area contributed by atoms with E-state index in [2.05, 4.69) is 0 Å². The molecule has 0 radical (unpaired) electrons. The second-order valence-electron chi connectivity index (χ2n) is 5.83. The average molecular weight is 324 g/mol. The first kappa shape index (κ1) is 17.0. The third-order valence-corrected chi connectivity index (χ3v) is 7.19. The summed E-state index contributed by atoms with van der Waals surface area (Å²) in [5.41, 5.74) is -0.110. The van der Waals surface area contributed by atoms with E-state index in [1.807, 2.05) is 34.6 Å². The fourth-order valence-electron chi connectivity index (χ4n) is 1.75. The van der Waals surface area contributed by atoms with Crippen LogP contribution in [0.2, 0.25) is 0 Å². The van der Waals surface area contributed by atoms with Gasteiger partial charge in [0.15, 0.2) is 0 Å². The maximum Gasteiger partial charge on any atom is 0.244 e. The topological polar surface area (TPSA) is 37.4 Å². The highest BCUT2D eigenvalue weighted by Crippen LogP contribution is 2.32. The van der Waals surface area contributed by atoms with Crippen molar-refractivity contribution in [3.8, 4) is 0 Å². The molecule has 19 heavy (non-hydrogen) atoms. The summed E-state index contributed by atoms with van der Waals surface area (Å²) in [4.78, 5) is 2.06. The Morgan fingerprint density at radius 2 is 1.95 bits per heavy atom. The first-order valence-corrected chi connectivity index (χ1v) is 8.94. The Morgan fingerprint density at radius 1 is 1.42 bits per heavy atom. The minimum Gasteiger partial charge on any atom is -0.207 e. The predicted molar refractivity (Wildman–Crippen MR) is 82.5 cm³/mol.